The predicted octanol–water partition coefficient (Wildman–Crippen LogP) is 3.47. The zero-order valence-corrected chi connectivity index (χ0v) is 12.6. The Labute approximate surface area is 138 Å². The van der Waals surface area contributed by atoms with E-state index in [9.17, 15) is 19.7 Å². The lowest BCUT2D eigenvalue weighted by Crippen LogP contribution is -2.18. The number of nitrogens with zero attached hydrogens (tertiary/aromatic N) is 1. The van der Waals surface area contributed by atoms with E-state index in [-0.39, 0.29) is 22.8 Å². The molecule has 1 aliphatic carbocycles. The van der Waals surface area contributed by atoms with Gasteiger partial charge in [0.2, 0.25) is 0 Å². The quantitative estimate of drug-likeness (QED) is 0.480. The largest absolute Gasteiger partial charge is 0.293 e. The van der Waals surface area contributed by atoms with Gasteiger partial charge in [-0.15, -0.1) is 0 Å². The van der Waals surface area contributed by atoms with Gasteiger partial charge in [-0.25, -0.2) is 0 Å². The second kappa shape index (κ2) is 6.42. The van der Waals surface area contributed by atoms with Gasteiger partial charge in [-0.3, -0.25) is 19.7 Å². The second-order valence-electron chi connectivity index (χ2n) is 5.35. The van der Waals surface area contributed by atoms with Crippen LogP contribution in [0.15, 0.2) is 84.1 Å². The minimum Gasteiger partial charge on any atom is -0.293 e. The lowest BCUT2D eigenvalue weighted by molar-refractivity contribution is -0.418. The summed E-state index contributed by atoms with van der Waals surface area (Å²) >= 11 is 0. The zero-order valence-electron chi connectivity index (χ0n) is 12.6. The van der Waals surface area contributed by atoms with E-state index in [1.807, 2.05) is 0 Å². The lowest BCUT2D eigenvalue weighted by atomic mass is 9.88. The maximum atomic E-state index is 12.7. The molecule has 5 nitrogen and oxygen atoms in total. The Morgan fingerprint density at radius 1 is 0.875 bits per heavy atom. The molecule has 2 aromatic carbocycles. The van der Waals surface area contributed by atoms with Gasteiger partial charge in [0.25, 0.3) is 5.70 Å². The van der Waals surface area contributed by atoms with E-state index < -0.39 is 10.8 Å². The van der Waals surface area contributed by atoms with Crippen LogP contribution in [0.25, 0.3) is 0 Å². The molecule has 0 spiro atoms. The Balaban J connectivity index is 2.00. The molecular formula is C19H13NO4. The summed E-state index contributed by atoms with van der Waals surface area (Å²) in [5.74, 6) is -1.65. The Bertz CT molecular complexity index is 867. The van der Waals surface area contributed by atoms with Crippen LogP contribution in [0, 0.1) is 16.0 Å². The van der Waals surface area contributed by atoms with Crippen molar-refractivity contribution in [3.63, 3.8) is 0 Å². The van der Waals surface area contributed by atoms with E-state index in [2.05, 4.69) is 0 Å². The minimum absolute atomic E-state index is 0.127. The van der Waals surface area contributed by atoms with E-state index in [0.29, 0.717) is 11.1 Å². The molecule has 0 saturated carbocycles. The summed E-state index contributed by atoms with van der Waals surface area (Å²) in [6, 6.07) is 16.9. The van der Waals surface area contributed by atoms with Crippen LogP contribution in [0.1, 0.15) is 20.7 Å². The monoisotopic (exact) mass is 319 g/mol. The fourth-order valence-electron chi connectivity index (χ4n) is 2.63. The Hall–Kier alpha value is -3.34. The summed E-state index contributed by atoms with van der Waals surface area (Å²) in [5.41, 5.74) is 0.702. The summed E-state index contributed by atoms with van der Waals surface area (Å²) < 4.78 is 0. The second-order valence-corrected chi connectivity index (χ2v) is 5.35. The number of benzene rings is 2. The summed E-state index contributed by atoms with van der Waals surface area (Å²) in [7, 11) is 0. The van der Waals surface area contributed by atoms with Gasteiger partial charge >= 0.3 is 0 Å². The van der Waals surface area contributed by atoms with Crippen molar-refractivity contribution < 1.29 is 14.5 Å². The lowest BCUT2D eigenvalue weighted by Gasteiger charge is -2.11. The standard InChI is InChI=1S/C19H13NO4/c21-18(13-7-3-1-4-8-13)16-11-15(20(23)24)12-17(16)19(22)14-9-5-2-6-10-14/h1-12,16H. The molecule has 0 heterocycles. The molecule has 0 aliphatic heterocycles. The van der Waals surface area contributed by atoms with E-state index in [1.165, 1.54) is 12.2 Å². The van der Waals surface area contributed by atoms with Crippen LogP contribution in [0.2, 0.25) is 0 Å². The molecule has 1 atom stereocenters. The van der Waals surface area contributed by atoms with Crippen LogP contribution in [0.4, 0.5) is 0 Å². The van der Waals surface area contributed by atoms with Crippen molar-refractivity contribution in [1.29, 1.82) is 0 Å². The van der Waals surface area contributed by atoms with Crippen molar-refractivity contribution >= 4 is 11.6 Å². The Kier molecular flexibility index (Phi) is 4.16. The summed E-state index contributed by atoms with van der Waals surface area (Å²) in [5, 5.41) is 11.1. The highest BCUT2D eigenvalue weighted by Crippen LogP contribution is 2.30. The first-order valence-electron chi connectivity index (χ1n) is 7.35. The maximum Gasteiger partial charge on any atom is 0.267 e. The molecule has 1 aliphatic rings. The minimum atomic E-state index is -0.944. The number of allylic oxidation sites excluding steroid dienone is 3. The smallest absolute Gasteiger partial charge is 0.267 e. The molecule has 2 aromatic rings. The first-order chi connectivity index (χ1) is 11.6. The highest BCUT2D eigenvalue weighted by Gasteiger charge is 2.35. The zero-order chi connectivity index (χ0) is 17.1. The Morgan fingerprint density at radius 2 is 1.42 bits per heavy atom. The molecule has 0 amide bonds. The van der Waals surface area contributed by atoms with Crippen LogP contribution in [0.3, 0.4) is 0 Å². The number of nitro groups is 1. The van der Waals surface area contributed by atoms with Gasteiger partial charge in [0.05, 0.1) is 10.8 Å². The maximum absolute atomic E-state index is 12.7. The van der Waals surface area contributed by atoms with Gasteiger partial charge in [-0.1, -0.05) is 60.7 Å². The molecule has 0 radical (unpaired) electrons. The van der Waals surface area contributed by atoms with Gasteiger partial charge in [-0.2, -0.15) is 0 Å². The third-order valence-electron chi connectivity index (χ3n) is 3.83. The highest BCUT2D eigenvalue weighted by molar-refractivity contribution is 6.15. The molecule has 0 N–H and O–H groups in total. The van der Waals surface area contributed by atoms with Crippen molar-refractivity contribution in [3.05, 3.63) is 105 Å². The van der Waals surface area contributed by atoms with Crippen LogP contribution in [0.5, 0.6) is 0 Å². The van der Waals surface area contributed by atoms with Gasteiger partial charge in [0.15, 0.2) is 11.6 Å². The van der Waals surface area contributed by atoms with Gasteiger partial charge in [0, 0.05) is 28.9 Å². The van der Waals surface area contributed by atoms with Crippen LogP contribution in [-0.2, 0) is 0 Å². The molecule has 3 rings (SSSR count). The highest BCUT2D eigenvalue weighted by atomic mass is 16.6. The van der Waals surface area contributed by atoms with E-state index >= 15 is 0 Å². The first-order valence-corrected chi connectivity index (χ1v) is 7.35. The fraction of sp³-hybridized carbons (Fsp3) is 0.0526. The van der Waals surface area contributed by atoms with Gasteiger partial charge in [0.1, 0.15) is 0 Å². The molecule has 24 heavy (non-hydrogen) atoms. The average Bonchev–Trinajstić information content (AvgIpc) is 3.07. The SMILES string of the molecule is O=C(C1=CC([N+](=O)[O-])=CC1C(=O)c1ccccc1)c1ccccc1. The number of hydrogen-bond acceptors (Lipinski definition) is 4. The molecule has 0 aromatic heterocycles. The average molecular weight is 319 g/mol. The Morgan fingerprint density at radius 3 is 1.96 bits per heavy atom. The van der Waals surface area contributed by atoms with Crippen molar-refractivity contribution in [2.75, 3.05) is 0 Å². The van der Waals surface area contributed by atoms with E-state index in [0.717, 1.165) is 0 Å². The molecule has 118 valence electrons. The number of rotatable bonds is 5. The summed E-state index contributed by atoms with van der Waals surface area (Å²) in [6.45, 7) is 0. The van der Waals surface area contributed by atoms with Crippen molar-refractivity contribution in [2.24, 2.45) is 5.92 Å². The van der Waals surface area contributed by atoms with E-state index in [4.69, 9.17) is 0 Å². The van der Waals surface area contributed by atoms with Gasteiger partial charge < -0.3 is 0 Å². The third-order valence-corrected chi connectivity index (χ3v) is 3.83. The van der Waals surface area contributed by atoms with Crippen molar-refractivity contribution in [2.45, 2.75) is 0 Å². The topological polar surface area (TPSA) is 77.3 Å². The summed E-state index contributed by atoms with van der Waals surface area (Å²) in [6.07, 6.45) is 2.44. The fourth-order valence-corrected chi connectivity index (χ4v) is 2.63. The first kappa shape index (κ1) is 15.6. The molecule has 0 fully saturated rings. The molecular weight excluding hydrogens is 306 g/mol. The molecule has 0 bridgehead atoms. The van der Waals surface area contributed by atoms with Crippen molar-refractivity contribution in [1.82, 2.24) is 0 Å². The molecule has 1 unspecified atom stereocenters. The van der Waals surface area contributed by atoms with Crippen molar-refractivity contribution in [3.8, 4) is 0 Å². The molecule has 5 heteroatoms. The third kappa shape index (κ3) is 2.92. The van der Waals surface area contributed by atoms with Gasteiger partial charge in [-0.05, 0) is 0 Å². The predicted molar refractivity (Wildman–Crippen MR) is 88.2 cm³/mol. The number of Topliss-reactive ketones (excluding diaryl/α,β-unsaturated/α-hetero) is 2. The number of hydrogen-bond donors (Lipinski definition) is 0. The van der Waals surface area contributed by atoms with Crippen LogP contribution >= 0.6 is 0 Å². The normalized spacial score (nSPS) is 16.2. The van der Waals surface area contributed by atoms with Crippen LogP contribution in [-0.4, -0.2) is 16.5 Å². The van der Waals surface area contributed by atoms with E-state index in [1.54, 1.807) is 60.7 Å². The van der Waals surface area contributed by atoms with Crippen LogP contribution < -0.4 is 0 Å². The number of carbonyl (C=O) groups excluding carboxylic acids is 2. The number of carbonyl (C=O) groups is 2. The molecule has 0 saturated heterocycles. The summed E-state index contributed by atoms with van der Waals surface area (Å²) in [4.78, 5) is 35.9. The number of ketones is 2.